The molecule has 8 heteroatoms. The van der Waals surface area contributed by atoms with Gasteiger partial charge in [0.15, 0.2) is 0 Å². The monoisotopic (exact) mass is 449 g/mol. The Bertz CT molecular complexity index is 1110. The minimum absolute atomic E-state index is 0.0196. The molecule has 0 aliphatic carbocycles. The van der Waals surface area contributed by atoms with Crippen LogP contribution in [0.25, 0.3) is 0 Å². The number of carbonyl (C=O) groups is 2. The molecule has 2 aliphatic heterocycles. The van der Waals surface area contributed by atoms with Crippen LogP contribution >= 0.6 is 23.5 Å². The highest BCUT2D eigenvalue weighted by Gasteiger charge is 2.34. The zero-order valence-corrected chi connectivity index (χ0v) is 18.0. The maximum Gasteiger partial charge on any atom is 0.248 e. The van der Waals surface area contributed by atoms with Crippen molar-refractivity contribution in [3.05, 3.63) is 78.4 Å². The van der Waals surface area contributed by atoms with Crippen molar-refractivity contribution in [2.45, 2.75) is 15.2 Å². The molecule has 1 saturated heterocycles. The Labute approximate surface area is 188 Å². The van der Waals surface area contributed by atoms with Crippen LogP contribution in [0.5, 0.6) is 5.75 Å². The number of benzene rings is 3. The summed E-state index contributed by atoms with van der Waals surface area (Å²) in [4.78, 5) is 29.6. The van der Waals surface area contributed by atoms with Crippen LogP contribution in [0.3, 0.4) is 0 Å². The Morgan fingerprint density at radius 1 is 0.968 bits per heavy atom. The lowest BCUT2D eigenvalue weighted by Crippen LogP contribution is -2.46. The molecule has 0 saturated carbocycles. The van der Waals surface area contributed by atoms with Crippen LogP contribution in [0.2, 0.25) is 0 Å². The smallest absolute Gasteiger partial charge is 0.248 e. The molecule has 0 spiro atoms. The van der Waals surface area contributed by atoms with Gasteiger partial charge in [0.25, 0.3) is 0 Å². The molecule has 5 rings (SSSR count). The van der Waals surface area contributed by atoms with Gasteiger partial charge < -0.3 is 5.11 Å². The second-order valence-corrected chi connectivity index (χ2v) is 9.27. The summed E-state index contributed by atoms with van der Waals surface area (Å²) in [6, 6.07) is 22.4. The normalized spacial score (nSPS) is 17.4. The molecular formula is C23H19N3O3S2. The number of anilines is 2. The summed E-state index contributed by atoms with van der Waals surface area (Å²) in [6.45, 7) is -0.0196. The lowest BCUT2D eigenvalue weighted by atomic mass is 10.2. The molecule has 6 nitrogen and oxygen atoms in total. The lowest BCUT2D eigenvalue weighted by molar-refractivity contribution is -0.132. The van der Waals surface area contributed by atoms with Gasteiger partial charge in [0.1, 0.15) is 11.1 Å². The number of hydrazine groups is 1. The van der Waals surface area contributed by atoms with E-state index < -0.39 is 0 Å². The van der Waals surface area contributed by atoms with Gasteiger partial charge in [0.05, 0.1) is 23.7 Å². The molecule has 156 valence electrons. The van der Waals surface area contributed by atoms with Crippen molar-refractivity contribution in [1.29, 1.82) is 0 Å². The number of rotatable bonds is 4. The highest BCUT2D eigenvalue weighted by Crippen LogP contribution is 2.47. The van der Waals surface area contributed by atoms with Crippen molar-refractivity contribution >= 4 is 46.7 Å². The van der Waals surface area contributed by atoms with E-state index in [0.717, 1.165) is 26.7 Å². The molecule has 0 bridgehead atoms. The molecule has 2 heterocycles. The summed E-state index contributed by atoms with van der Waals surface area (Å²) in [5.41, 5.74) is 5.63. The number of amides is 2. The van der Waals surface area contributed by atoms with Crippen LogP contribution in [0.1, 0.15) is 10.9 Å². The van der Waals surface area contributed by atoms with Crippen LogP contribution < -0.4 is 10.3 Å². The van der Waals surface area contributed by atoms with E-state index in [1.54, 1.807) is 40.9 Å². The van der Waals surface area contributed by atoms with Gasteiger partial charge in [0, 0.05) is 9.79 Å². The number of hydrogen-bond acceptors (Lipinski definition) is 6. The maximum absolute atomic E-state index is 13.4. The second kappa shape index (κ2) is 8.30. The molecular weight excluding hydrogens is 430 g/mol. The van der Waals surface area contributed by atoms with E-state index in [2.05, 4.69) is 5.43 Å². The molecule has 0 radical (unpaired) electrons. The van der Waals surface area contributed by atoms with Crippen LogP contribution in [0, 0.1) is 0 Å². The molecule has 2 N–H and O–H groups in total. The number of para-hydroxylation sites is 2. The molecule has 1 unspecified atom stereocenters. The number of nitrogens with zero attached hydrogens (tertiary/aromatic N) is 2. The fourth-order valence-electron chi connectivity index (χ4n) is 3.69. The summed E-state index contributed by atoms with van der Waals surface area (Å²) in [6.07, 6.45) is 0. The number of aromatic hydroxyl groups is 1. The highest BCUT2D eigenvalue weighted by atomic mass is 32.2. The largest absolute Gasteiger partial charge is 0.508 e. The van der Waals surface area contributed by atoms with Crippen molar-refractivity contribution in [2.75, 3.05) is 17.2 Å². The van der Waals surface area contributed by atoms with Gasteiger partial charge in [-0.1, -0.05) is 48.2 Å². The molecule has 1 fully saturated rings. The Balaban J connectivity index is 1.38. The molecule has 1 atom stereocenters. The van der Waals surface area contributed by atoms with E-state index >= 15 is 0 Å². The van der Waals surface area contributed by atoms with Crippen molar-refractivity contribution in [2.24, 2.45) is 0 Å². The maximum atomic E-state index is 13.4. The average molecular weight is 450 g/mol. The van der Waals surface area contributed by atoms with Gasteiger partial charge >= 0.3 is 0 Å². The van der Waals surface area contributed by atoms with E-state index in [0.29, 0.717) is 5.75 Å². The standard InChI is InChI=1S/C23H19N3O3S2/c27-16-11-9-15(10-12-16)23-26(22(29)14-30-23)24-13-21(28)25-17-5-1-3-7-19(17)31-20-8-4-2-6-18(20)25/h1-12,23-24,27H,13-14H2. The number of hydrogen-bond donors (Lipinski definition) is 2. The number of phenols is 1. The van der Waals surface area contributed by atoms with Gasteiger partial charge in [-0.3, -0.25) is 19.5 Å². The first-order valence-corrected chi connectivity index (χ1v) is 11.6. The first-order chi connectivity index (χ1) is 15.1. The summed E-state index contributed by atoms with van der Waals surface area (Å²) in [5, 5.41) is 10.8. The highest BCUT2D eigenvalue weighted by molar-refractivity contribution is 8.00. The first-order valence-electron chi connectivity index (χ1n) is 9.77. The van der Waals surface area contributed by atoms with E-state index in [9.17, 15) is 14.7 Å². The van der Waals surface area contributed by atoms with Crippen LogP contribution in [0.4, 0.5) is 11.4 Å². The third-order valence-corrected chi connectivity index (χ3v) is 7.47. The fraction of sp³-hybridized carbons (Fsp3) is 0.130. The molecule has 0 aromatic heterocycles. The number of fused-ring (bicyclic) bond motifs is 2. The van der Waals surface area contributed by atoms with Crippen molar-refractivity contribution in [3.8, 4) is 5.75 Å². The van der Waals surface area contributed by atoms with Crippen LogP contribution in [-0.4, -0.2) is 34.2 Å². The van der Waals surface area contributed by atoms with E-state index in [-0.39, 0.29) is 29.5 Å². The number of nitrogens with one attached hydrogen (secondary N) is 1. The average Bonchev–Trinajstić information content (AvgIpc) is 3.16. The van der Waals surface area contributed by atoms with Crippen LogP contribution in [0.15, 0.2) is 82.6 Å². The van der Waals surface area contributed by atoms with Crippen molar-refractivity contribution < 1.29 is 14.7 Å². The van der Waals surface area contributed by atoms with Gasteiger partial charge in [-0.2, -0.15) is 0 Å². The van der Waals surface area contributed by atoms with Gasteiger partial charge in [0.2, 0.25) is 11.8 Å². The van der Waals surface area contributed by atoms with Crippen molar-refractivity contribution in [3.63, 3.8) is 0 Å². The molecule has 2 amide bonds. The van der Waals surface area contributed by atoms with Crippen molar-refractivity contribution in [1.82, 2.24) is 10.4 Å². The Morgan fingerprint density at radius 2 is 1.58 bits per heavy atom. The quantitative estimate of drug-likeness (QED) is 0.619. The predicted molar refractivity (Wildman–Crippen MR) is 122 cm³/mol. The topological polar surface area (TPSA) is 72.9 Å². The Morgan fingerprint density at radius 3 is 2.23 bits per heavy atom. The first kappa shape index (κ1) is 20.0. The lowest BCUT2D eigenvalue weighted by Gasteiger charge is -2.32. The van der Waals surface area contributed by atoms with Gasteiger partial charge in [-0.15, -0.1) is 11.8 Å². The third-order valence-electron chi connectivity index (χ3n) is 5.13. The summed E-state index contributed by atoms with van der Waals surface area (Å²) in [7, 11) is 0. The van der Waals surface area contributed by atoms with E-state index in [1.807, 2.05) is 48.5 Å². The SMILES string of the molecule is O=C(CNN1C(=O)CSC1c1ccc(O)cc1)N1c2ccccc2Sc2ccccc21. The minimum Gasteiger partial charge on any atom is -0.508 e. The summed E-state index contributed by atoms with van der Waals surface area (Å²) < 4.78 is 0. The molecule has 31 heavy (non-hydrogen) atoms. The third kappa shape index (κ3) is 3.78. The summed E-state index contributed by atoms with van der Waals surface area (Å²) >= 11 is 3.13. The number of phenolic OH excluding ortho intramolecular Hbond substituents is 1. The number of carbonyl (C=O) groups excluding carboxylic acids is 2. The molecule has 3 aromatic carbocycles. The van der Waals surface area contributed by atoms with E-state index in [1.165, 1.54) is 16.8 Å². The van der Waals surface area contributed by atoms with Crippen LogP contribution in [-0.2, 0) is 9.59 Å². The molecule has 3 aromatic rings. The van der Waals surface area contributed by atoms with E-state index in [4.69, 9.17) is 0 Å². The predicted octanol–water partition coefficient (Wildman–Crippen LogP) is 4.30. The summed E-state index contributed by atoms with van der Waals surface area (Å²) in [5.74, 6) is 0.284. The Kier molecular flexibility index (Phi) is 5.35. The fourth-order valence-corrected chi connectivity index (χ4v) is 5.87. The molecule has 2 aliphatic rings. The zero-order valence-electron chi connectivity index (χ0n) is 16.4. The zero-order chi connectivity index (χ0) is 21.4. The van der Waals surface area contributed by atoms with Gasteiger partial charge in [-0.05, 0) is 42.0 Å². The minimum atomic E-state index is -0.252. The number of thioether (sulfide) groups is 1. The Hall–Kier alpha value is -2.94. The van der Waals surface area contributed by atoms with Gasteiger partial charge in [-0.25, -0.2) is 5.43 Å². The second-order valence-electron chi connectivity index (χ2n) is 7.12.